The second kappa shape index (κ2) is 45.3. The summed E-state index contributed by atoms with van der Waals surface area (Å²) in [7, 11) is 0. The first-order valence-corrected chi connectivity index (χ1v) is 29.8. The summed E-state index contributed by atoms with van der Waals surface area (Å²) in [5, 5.41) is 72.3. The van der Waals surface area contributed by atoms with Crippen LogP contribution in [0, 0.1) is 0 Å². The number of hydrogen-bond donors (Lipinski definition) is 7. The van der Waals surface area contributed by atoms with Crippen molar-refractivity contribution in [1.82, 2.24) is 0 Å². The molecule has 7 N–H and O–H groups in total. The molecule has 0 saturated carbocycles. The Hall–Kier alpha value is -1.76. The Kier molecular flexibility index (Phi) is 41.8. The van der Waals surface area contributed by atoms with E-state index < -0.39 is 92.7 Å². The van der Waals surface area contributed by atoms with Crippen LogP contribution in [0.2, 0.25) is 0 Å². The van der Waals surface area contributed by atoms with Gasteiger partial charge in [0.15, 0.2) is 18.7 Å². The van der Waals surface area contributed by atoms with Crippen molar-refractivity contribution in [2.45, 2.75) is 319 Å². The zero-order valence-electron chi connectivity index (χ0n) is 45.9. The summed E-state index contributed by atoms with van der Waals surface area (Å²) in [5.74, 6) is -0.911. The Morgan fingerprint density at radius 1 is 0.425 bits per heavy atom. The van der Waals surface area contributed by atoms with E-state index in [1.807, 2.05) is 0 Å². The molecule has 15 heteroatoms. The topological polar surface area (TPSA) is 231 Å². The van der Waals surface area contributed by atoms with E-state index in [4.69, 9.17) is 28.4 Å². The summed E-state index contributed by atoms with van der Waals surface area (Å²) in [6, 6.07) is 0. The maximum Gasteiger partial charge on any atom is 0.306 e. The maximum atomic E-state index is 13.1. The maximum absolute atomic E-state index is 13.1. The van der Waals surface area contributed by atoms with Gasteiger partial charge in [0, 0.05) is 12.8 Å². The molecule has 2 aliphatic rings. The Morgan fingerprint density at radius 3 is 1.22 bits per heavy atom. The van der Waals surface area contributed by atoms with Gasteiger partial charge >= 0.3 is 11.9 Å². The van der Waals surface area contributed by atoms with E-state index in [2.05, 4.69) is 26.0 Å². The van der Waals surface area contributed by atoms with E-state index in [0.717, 1.165) is 38.5 Å². The molecule has 2 fully saturated rings. The normalized spacial score (nSPS) is 24.8. The van der Waals surface area contributed by atoms with E-state index in [-0.39, 0.29) is 26.1 Å². The molecule has 4 unspecified atom stereocenters. The molecule has 2 heterocycles. The quantitative estimate of drug-likeness (QED) is 0.0171. The first kappa shape index (κ1) is 67.3. The van der Waals surface area contributed by atoms with Gasteiger partial charge in [-0.15, -0.1) is 0 Å². The molecule has 73 heavy (non-hydrogen) atoms. The van der Waals surface area contributed by atoms with Crippen LogP contribution in [0.5, 0.6) is 0 Å². The fraction of sp³-hybridized carbons (Fsp3) is 0.931. The molecule has 0 amide bonds. The summed E-state index contributed by atoms with van der Waals surface area (Å²) in [6.45, 7) is 2.64. The predicted molar refractivity (Wildman–Crippen MR) is 285 cm³/mol. The first-order valence-electron chi connectivity index (χ1n) is 29.8. The number of ether oxygens (including phenoxy) is 6. The number of aliphatic hydroxyl groups excluding tert-OH is 7. The highest BCUT2D eigenvalue weighted by molar-refractivity contribution is 5.70. The smallest absolute Gasteiger partial charge is 0.306 e. The molecule has 2 aliphatic heterocycles. The molecular weight excluding hydrogens is 937 g/mol. The van der Waals surface area contributed by atoms with Crippen molar-refractivity contribution < 1.29 is 73.8 Å². The third-order valence-electron chi connectivity index (χ3n) is 14.5. The summed E-state index contributed by atoms with van der Waals surface area (Å²) >= 11 is 0. The van der Waals surface area contributed by atoms with E-state index in [9.17, 15) is 45.3 Å². The van der Waals surface area contributed by atoms with Gasteiger partial charge in [-0.1, -0.05) is 212 Å². The average Bonchev–Trinajstić information content (AvgIpc) is 3.38. The molecule has 0 aromatic rings. The van der Waals surface area contributed by atoms with Gasteiger partial charge < -0.3 is 64.2 Å². The molecule has 0 spiro atoms. The highest BCUT2D eigenvalue weighted by Gasteiger charge is 2.47. The minimum atomic E-state index is -1.76. The molecule has 0 aliphatic carbocycles. The number of hydrogen-bond acceptors (Lipinski definition) is 15. The van der Waals surface area contributed by atoms with Gasteiger partial charge in [0.25, 0.3) is 0 Å². The Balaban J connectivity index is 1.74. The van der Waals surface area contributed by atoms with Crippen LogP contribution in [0.3, 0.4) is 0 Å². The zero-order valence-corrected chi connectivity index (χ0v) is 45.9. The van der Waals surface area contributed by atoms with Crippen molar-refractivity contribution in [2.24, 2.45) is 0 Å². The molecule has 15 nitrogen and oxygen atoms in total. The fourth-order valence-corrected chi connectivity index (χ4v) is 9.63. The van der Waals surface area contributed by atoms with Crippen LogP contribution in [-0.2, 0) is 38.0 Å². The van der Waals surface area contributed by atoms with Gasteiger partial charge in [0.05, 0.1) is 19.8 Å². The third-order valence-corrected chi connectivity index (χ3v) is 14.5. The molecule has 11 atom stereocenters. The molecule has 0 aromatic carbocycles. The second-order valence-electron chi connectivity index (χ2n) is 21.2. The van der Waals surface area contributed by atoms with Crippen LogP contribution in [0.1, 0.15) is 251 Å². The van der Waals surface area contributed by atoms with Gasteiger partial charge in [0.1, 0.15) is 55.4 Å². The number of carbonyl (C=O) groups is 2. The van der Waals surface area contributed by atoms with Crippen LogP contribution in [0.4, 0.5) is 0 Å². The lowest BCUT2D eigenvalue weighted by Crippen LogP contribution is -2.61. The SMILES string of the molecule is CCCCCC/C=C/CCCCCCCCCCCC(=O)OC[C@H](CO[C@H]1O[C@@H](CO[C@H]2O[C@@H](CO)[C@@H](O)C(O)C2O)[C@@H](O)C(O)C1O)OC(=O)CCCCCCCCCCCCCCCCCCCCCC. The van der Waals surface area contributed by atoms with Crippen molar-refractivity contribution in [1.29, 1.82) is 0 Å². The average molecular weight is 1050 g/mol. The van der Waals surface area contributed by atoms with Crippen molar-refractivity contribution in [3.8, 4) is 0 Å². The standard InChI is InChI=1S/C58H108O15/c1-3-5-7-9-11-13-15-17-19-21-22-23-25-27-29-31-33-35-37-39-41-50(61)71-46(43-68-49(60)40-38-36-34-32-30-28-26-24-20-18-16-14-12-10-8-6-4-2)44-69-57-56(67)54(65)52(63)48(73-57)45-70-58-55(66)53(64)51(62)47(42-59)72-58/h14,16,46-48,51-59,62-67H,3-13,15,17-45H2,1-2H3/b16-14+/t46-,47+,48+,51-,52-,53?,54?,55?,56?,57+,58+/m1/s1. The summed E-state index contributed by atoms with van der Waals surface area (Å²) in [6.07, 6.45) is 30.9. The van der Waals surface area contributed by atoms with Gasteiger partial charge in [-0.05, 0) is 38.5 Å². The van der Waals surface area contributed by atoms with Crippen molar-refractivity contribution in [2.75, 3.05) is 26.4 Å². The van der Waals surface area contributed by atoms with Crippen LogP contribution < -0.4 is 0 Å². The minimum absolute atomic E-state index is 0.171. The Labute approximate surface area is 441 Å². The summed E-state index contributed by atoms with van der Waals surface area (Å²) in [5.41, 5.74) is 0. The lowest BCUT2D eigenvalue weighted by atomic mass is 9.98. The van der Waals surface area contributed by atoms with Crippen molar-refractivity contribution in [3.63, 3.8) is 0 Å². The van der Waals surface area contributed by atoms with Gasteiger partial charge in [-0.25, -0.2) is 0 Å². The monoisotopic (exact) mass is 1040 g/mol. The second-order valence-corrected chi connectivity index (χ2v) is 21.2. The van der Waals surface area contributed by atoms with Crippen molar-refractivity contribution in [3.05, 3.63) is 12.2 Å². The van der Waals surface area contributed by atoms with Crippen molar-refractivity contribution >= 4 is 11.9 Å². The van der Waals surface area contributed by atoms with E-state index in [1.54, 1.807) is 0 Å². The first-order chi connectivity index (χ1) is 35.5. The predicted octanol–water partition coefficient (Wildman–Crippen LogP) is 10.1. The lowest BCUT2D eigenvalue weighted by molar-refractivity contribution is -0.332. The minimum Gasteiger partial charge on any atom is -0.462 e. The zero-order chi connectivity index (χ0) is 53.2. The van der Waals surface area contributed by atoms with Crippen LogP contribution in [0.15, 0.2) is 12.2 Å². The molecule has 0 aromatic heterocycles. The fourth-order valence-electron chi connectivity index (χ4n) is 9.63. The number of carbonyl (C=O) groups excluding carboxylic acids is 2. The summed E-state index contributed by atoms with van der Waals surface area (Å²) < 4.78 is 33.7. The van der Waals surface area contributed by atoms with Gasteiger partial charge in [-0.2, -0.15) is 0 Å². The van der Waals surface area contributed by atoms with Crippen LogP contribution in [-0.4, -0.2) is 142 Å². The van der Waals surface area contributed by atoms with Crippen LogP contribution >= 0.6 is 0 Å². The van der Waals surface area contributed by atoms with Crippen LogP contribution in [0.25, 0.3) is 0 Å². The molecular formula is C58H108O15. The Morgan fingerprint density at radius 2 is 0.781 bits per heavy atom. The molecule has 0 radical (unpaired) electrons. The van der Waals surface area contributed by atoms with Gasteiger partial charge in [0.2, 0.25) is 0 Å². The number of aliphatic hydroxyl groups is 7. The molecule has 0 bridgehead atoms. The third kappa shape index (κ3) is 32.6. The summed E-state index contributed by atoms with van der Waals surface area (Å²) in [4.78, 5) is 25.9. The van der Waals surface area contributed by atoms with Gasteiger partial charge in [-0.3, -0.25) is 9.59 Å². The largest absolute Gasteiger partial charge is 0.462 e. The van der Waals surface area contributed by atoms with E-state index >= 15 is 0 Å². The van der Waals surface area contributed by atoms with E-state index in [1.165, 1.54) is 173 Å². The molecule has 430 valence electrons. The number of rotatable bonds is 48. The highest BCUT2D eigenvalue weighted by atomic mass is 16.7. The number of unbranched alkanes of at least 4 members (excludes halogenated alkanes) is 32. The van der Waals surface area contributed by atoms with E-state index in [0.29, 0.717) is 12.8 Å². The lowest BCUT2D eigenvalue weighted by Gasteiger charge is -2.42. The number of allylic oxidation sites excluding steroid dienone is 2. The molecule has 2 rings (SSSR count). The Bertz CT molecular complexity index is 1320. The molecule has 2 saturated heterocycles. The number of esters is 2. The highest BCUT2D eigenvalue weighted by Crippen LogP contribution is 2.27.